The van der Waals surface area contributed by atoms with E-state index in [2.05, 4.69) is 0 Å². The van der Waals surface area contributed by atoms with Crippen molar-refractivity contribution < 1.29 is 19.1 Å². The standard InChI is InChI=1S/C21H22N2O4S/c22-19(24)14-28-18-6-2-1-5-17(18)21(26)27-13-15-7-9-16(10-8-15)20(25)23-11-3-4-12-23/h1-2,5-10H,3-4,11-14H2,(H2,22,24). The number of carbonyl (C=O) groups excluding carboxylic acids is 3. The van der Waals surface area contributed by atoms with Crippen molar-refractivity contribution in [3.8, 4) is 0 Å². The number of esters is 1. The minimum atomic E-state index is -0.468. The third kappa shape index (κ3) is 5.13. The number of nitrogens with zero attached hydrogens (tertiary/aromatic N) is 1. The van der Waals surface area contributed by atoms with Crippen LogP contribution in [-0.2, 0) is 16.1 Å². The number of ether oxygens (including phenoxy) is 1. The number of thioether (sulfide) groups is 1. The highest BCUT2D eigenvalue weighted by atomic mass is 32.2. The van der Waals surface area contributed by atoms with Crippen molar-refractivity contribution in [1.82, 2.24) is 4.90 Å². The van der Waals surface area contributed by atoms with Crippen LogP contribution in [0.3, 0.4) is 0 Å². The Morgan fingerprint density at radius 3 is 2.36 bits per heavy atom. The summed E-state index contributed by atoms with van der Waals surface area (Å²) in [6.07, 6.45) is 2.11. The molecule has 2 N–H and O–H groups in total. The maximum atomic E-state index is 12.4. The molecule has 0 aromatic heterocycles. The maximum absolute atomic E-state index is 12.4. The van der Waals surface area contributed by atoms with Crippen LogP contribution in [0.5, 0.6) is 0 Å². The van der Waals surface area contributed by atoms with Crippen molar-refractivity contribution in [2.75, 3.05) is 18.8 Å². The number of hydrogen-bond donors (Lipinski definition) is 1. The summed E-state index contributed by atoms with van der Waals surface area (Å²) in [5.41, 5.74) is 7.01. The van der Waals surface area contributed by atoms with Crippen LogP contribution in [0.1, 0.15) is 39.1 Å². The first-order valence-corrected chi connectivity index (χ1v) is 10.1. The number of primary amides is 1. The van der Waals surface area contributed by atoms with Crippen molar-refractivity contribution in [3.05, 3.63) is 65.2 Å². The SMILES string of the molecule is NC(=O)CSc1ccccc1C(=O)OCc1ccc(C(=O)N2CCCC2)cc1. The Labute approximate surface area is 168 Å². The van der Waals surface area contributed by atoms with E-state index in [1.54, 1.807) is 48.5 Å². The fourth-order valence-electron chi connectivity index (χ4n) is 2.98. The molecule has 28 heavy (non-hydrogen) atoms. The van der Waals surface area contributed by atoms with Gasteiger partial charge in [-0.05, 0) is 42.7 Å². The van der Waals surface area contributed by atoms with E-state index in [0.717, 1.165) is 31.5 Å². The van der Waals surface area contributed by atoms with Crippen LogP contribution in [0, 0.1) is 0 Å². The highest BCUT2D eigenvalue weighted by molar-refractivity contribution is 8.00. The van der Waals surface area contributed by atoms with Gasteiger partial charge in [0.25, 0.3) is 5.91 Å². The van der Waals surface area contributed by atoms with Gasteiger partial charge in [0.15, 0.2) is 0 Å². The first-order valence-electron chi connectivity index (χ1n) is 9.10. The lowest BCUT2D eigenvalue weighted by Crippen LogP contribution is -2.27. The molecule has 6 nitrogen and oxygen atoms in total. The van der Waals surface area contributed by atoms with Gasteiger partial charge in [0.2, 0.25) is 5.91 Å². The molecule has 1 aliphatic heterocycles. The van der Waals surface area contributed by atoms with Crippen molar-refractivity contribution >= 4 is 29.5 Å². The summed E-state index contributed by atoms with van der Waals surface area (Å²) in [7, 11) is 0. The Kier molecular flexibility index (Phi) is 6.71. The molecule has 1 aliphatic rings. The van der Waals surface area contributed by atoms with E-state index in [4.69, 9.17) is 10.5 Å². The number of benzene rings is 2. The molecule has 0 aliphatic carbocycles. The third-order valence-electron chi connectivity index (χ3n) is 4.44. The molecule has 2 aromatic rings. The van der Waals surface area contributed by atoms with Gasteiger partial charge in [-0.2, -0.15) is 0 Å². The largest absolute Gasteiger partial charge is 0.457 e. The van der Waals surface area contributed by atoms with Crippen LogP contribution in [0.15, 0.2) is 53.4 Å². The molecule has 0 saturated carbocycles. The minimum absolute atomic E-state index is 0.0430. The van der Waals surface area contributed by atoms with Crippen LogP contribution in [-0.4, -0.2) is 41.5 Å². The van der Waals surface area contributed by atoms with Gasteiger partial charge in [-0.25, -0.2) is 4.79 Å². The Balaban J connectivity index is 1.59. The van der Waals surface area contributed by atoms with Crippen LogP contribution in [0.25, 0.3) is 0 Å². The molecular weight excluding hydrogens is 376 g/mol. The van der Waals surface area contributed by atoms with Crippen LogP contribution >= 0.6 is 11.8 Å². The van der Waals surface area contributed by atoms with Gasteiger partial charge in [-0.3, -0.25) is 9.59 Å². The second-order valence-electron chi connectivity index (χ2n) is 6.52. The quantitative estimate of drug-likeness (QED) is 0.572. The zero-order valence-electron chi connectivity index (χ0n) is 15.4. The summed E-state index contributed by atoms with van der Waals surface area (Å²) >= 11 is 1.20. The van der Waals surface area contributed by atoms with Crippen molar-refractivity contribution in [2.24, 2.45) is 5.73 Å². The fraction of sp³-hybridized carbons (Fsp3) is 0.286. The molecular formula is C21H22N2O4S. The summed E-state index contributed by atoms with van der Waals surface area (Å²) in [6, 6.07) is 14.1. The van der Waals surface area contributed by atoms with Crippen molar-refractivity contribution in [2.45, 2.75) is 24.3 Å². The smallest absolute Gasteiger partial charge is 0.339 e. The first-order chi connectivity index (χ1) is 13.5. The molecule has 1 heterocycles. The minimum Gasteiger partial charge on any atom is -0.457 e. The zero-order valence-corrected chi connectivity index (χ0v) is 16.2. The third-order valence-corrected chi connectivity index (χ3v) is 5.54. The van der Waals surface area contributed by atoms with Gasteiger partial charge in [0, 0.05) is 23.5 Å². The second kappa shape index (κ2) is 9.41. The van der Waals surface area contributed by atoms with Gasteiger partial charge in [0.05, 0.1) is 11.3 Å². The number of carbonyl (C=O) groups is 3. The van der Waals surface area contributed by atoms with E-state index < -0.39 is 11.9 Å². The molecule has 2 aromatic carbocycles. The molecule has 0 atom stereocenters. The first kappa shape index (κ1) is 19.9. The van der Waals surface area contributed by atoms with E-state index in [0.29, 0.717) is 16.0 Å². The highest BCUT2D eigenvalue weighted by Gasteiger charge is 2.19. The topological polar surface area (TPSA) is 89.7 Å². The zero-order chi connectivity index (χ0) is 19.9. The predicted molar refractivity (Wildman–Crippen MR) is 107 cm³/mol. The summed E-state index contributed by atoms with van der Waals surface area (Å²) in [6.45, 7) is 1.72. The molecule has 1 saturated heterocycles. The molecule has 0 bridgehead atoms. The Morgan fingerprint density at radius 2 is 1.68 bits per heavy atom. The van der Waals surface area contributed by atoms with Crippen LogP contribution in [0.4, 0.5) is 0 Å². The van der Waals surface area contributed by atoms with Crippen molar-refractivity contribution in [3.63, 3.8) is 0 Å². The van der Waals surface area contributed by atoms with Crippen LogP contribution < -0.4 is 5.73 Å². The molecule has 0 spiro atoms. The molecule has 2 amide bonds. The van der Waals surface area contributed by atoms with E-state index in [1.807, 2.05) is 4.90 Å². The number of rotatable bonds is 7. The van der Waals surface area contributed by atoms with E-state index in [9.17, 15) is 14.4 Å². The molecule has 3 rings (SSSR count). The lowest BCUT2D eigenvalue weighted by atomic mass is 10.1. The average molecular weight is 398 g/mol. The Morgan fingerprint density at radius 1 is 1.00 bits per heavy atom. The molecule has 0 unspecified atom stereocenters. The van der Waals surface area contributed by atoms with Gasteiger partial charge in [-0.15, -0.1) is 11.8 Å². The molecule has 7 heteroatoms. The van der Waals surface area contributed by atoms with Gasteiger partial charge in [-0.1, -0.05) is 24.3 Å². The summed E-state index contributed by atoms with van der Waals surface area (Å²) in [4.78, 5) is 38.3. The molecule has 1 fully saturated rings. The summed E-state index contributed by atoms with van der Waals surface area (Å²) in [5, 5.41) is 0. The number of likely N-dealkylation sites (tertiary alicyclic amines) is 1. The van der Waals surface area contributed by atoms with Gasteiger partial charge < -0.3 is 15.4 Å². The van der Waals surface area contributed by atoms with Crippen LogP contribution in [0.2, 0.25) is 0 Å². The van der Waals surface area contributed by atoms with Crippen molar-refractivity contribution in [1.29, 1.82) is 0 Å². The predicted octanol–water partition coefficient (Wildman–Crippen LogP) is 2.86. The van der Waals surface area contributed by atoms with E-state index in [1.165, 1.54) is 11.8 Å². The van der Waals surface area contributed by atoms with Gasteiger partial charge in [0.1, 0.15) is 6.61 Å². The second-order valence-corrected chi connectivity index (χ2v) is 7.54. The Bertz CT molecular complexity index is 861. The number of nitrogens with two attached hydrogens (primary N) is 1. The lowest BCUT2D eigenvalue weighted by molar-refractivity contribution is -0.115. The van der Waals surface area contributed by atoms with E-state index >= 15 is 0 Å². The number of hydrogen-bond acceptors (Lipinski definition) is 5. The maximum Gasteiger partial charge on any atom is 0.339 e. The summed E-state index contributed by atoms with van der Waals surface area (Å²) in [5.74, 6) is -0.778. The number of amides is 2. The Hall–Kier alpha value is -2.80. The highest BCUT2D eigenvalue weighted by Crippen LogP contribution is 2.23. The fourth-order valence-corrected chi connectivity index (χ4v) is 3.76. The summed E-state index contributed by atoms with van der Waals surface area (Å²) < 4.78 is 5.40. The monoisotopic (exact) mass is 398 g/mol. The van der Waals surface area contributed by atoms with Gasteiger partial charge >= 0.3 is 5.97 Å². The molecule has 0 radical (unpaired) electrons. The average Bonchev–Trinajstić information content (AvgIpc) is 3.25. The van der Waals surface area contributed by atoms with E-state index in [-0.39, 0.29) is 18.3 Å². The molecule has 146 valence electrons. The lowest BCUT2D eigenvalue weighted by Gasteiger charge is -2.15. The normalized spacial score (nSPS) is 13.4.